The van der Waals surface area contributed by atoms with Crippen molar-refractivity contribution in [3.8, 4) is 0 Å². The van der Waals surface area contributed by atoms with Crippen molar-refractivity contribution in [2.24, 2.45) is 23.7 Å². The normalized spacial score (nSPS) is 47.7. The number of fused-ring (bicyclic) bond motifs is 5. The first kappa shape index (κ1) is 7.78. The fourth-order valence-corrected chi connectivity index (χ4v) is 3.99. The van der Waals surface area contributed by atoms with E-state index in [1.807, 2.05) is 6.92 Å². The van der Waals surface area contributed by atoms with E-state index in [0.29, 0.717) is 17.6 Å². The van der Waals surface area contributed by atoms with Gasteiger partial charge in [0.1, 0.15) is 0 Å². The van der Waals surface area contributed by atoms with Crippen LogP contribution < -0.4 is 0 Å². The van der Waals surface area contributed by atoms with Crippen LogP contribution in [0, 0.1) is 23.7 Å². The molecule has 13 heavy (non-hydrogen) atoms. The van der Waals surface area contributed by atoms with Crippen LogP contribution in [-0.2, 0) is 4.79 Å². The van der Waals surface area contributed by atoms with Crippen molar-refractivity contribution in [3.63, 3.8) is 0 Å². The zero-order valence-corrected chi connectivity index (χ0v) is 8.34. The van der Waals surface area contributed by atoms with Gasteiger partial charge in [-0.25, -0.2) is 0 Å². The molecular formula is C12H16O. The molecule has 2 saturated carbocycles. The number of hydrogen-bond acceptors (Lipinski definition) is 1. The van der Waals surface area contributed by atoms with Gasteiger partial charge in [-0.1, -0.05) is 5.57 Å². The maximum absolute atomic E-state index is 11.9. The lowest BCUT2D eigenvalue weighted by Gasteiger charge is -2.24. The van der Waals surface area contributed by atoms with Gasteiger partial charge in [-0.2, -0.15) is 0 Å². The highest BCUT2D eigenvalue weighted by molar-refractivity contribution is 6.01. The maximum atomic E-state index is 11.9. The second kappa shape index (κ2) is 2.26. The van der Waals surface area contributed by atoms with Gasteiger partial charge in [-0.15, -0.1) is 0 Å². The molecule has 0 heterocycles. The van der Waals surface area contributed by atoms with E-state index in [0.717, 1.165) is 17.4 Å². The Morgan fingerprint density at radius 1 is 1.08 bits per heavy atom. The van der Waals surface area contributed by atoms with E-state index in [-0.39, 0.29) is 0 Å². The third kappa shape index (κ3) is 0.762. The predicted octanol–water partition coefficient (Wildman–Crippen LogP) is 2.57. The summed E-state index contributed by atoms with van der Waals surface area (Å²) in [5.41, 5.74) is 2.51. The van der Waals surface area contributed by atoms with Crippen LogP contribution in [0.4, 0.5) is 0 Å². The fraction of sp³-hybridized carbons (Fsp3) is 0.750. The van der Waals surface area contributed by atoms with Crippen molar-refractivity contribution in [2.45, 2.75) is 33.1 Å². The average Bonchev–Trinajstić information content (AvgIpc) is 2.76. The Hall–Kier alpha value is -0.590. The molecule has 2 bridgehead atoms. The molecule has 1 nitrogen and oxygen atoms in total. The van der Waals surface area contributed by atoms with E-state index < -0.39 is 0 Å². The Balaban J connectivity index is 2.07. The zero-order valence-electron chi connectivity index (χ0n) is 8.34. The van der Waals surface area contributed by atoms with E-state index >= 15 is 0 Å². The summed E-state index contributed by atoms with van der Waals surface area (Å²) in [6.07, 6.45) is 4.04. The highest BCUT2D eigenvalue weighted by Crippen LogP contribution is 2.58. The summed E-state index contributed by atoms with van der Waals surface area (Å²) in [7, 11) is 0. The SMILES string of the molecule is CC1=C(C)[C@@H]2[C@H]3CC[C@H](C3)[C@@H]2C1=O. The highest BCUT2D eigenvalue weighted by Gasteiger charge is 2.54. The summed E-state index contributed by atoms with van der Waals surface area (Å²) in [5, 5.41) is 0. The number of ketones is 1. The molecule has 0 spiro atoms. The van der Waals surface area contributed by atoms with Gasteiger partial charge in [0.25, 0.3) is 0 Å². The van der Waals surface area contributed by atoms with Crippen LogP contribution in [-0.4, -0.2) is 5.78 Å². The number of carbonyl (C=O) groups is 1. The molecule has 1 heteroatoms. The van der Waals surface area contributed by atoms with Crippen LogP contribution in [0.2, 0.25) is 0 Å². The monoisotopic (exact) mass is 176 g/mol. The lowest BCUT2D eigenvalue weighted by atomic mass is 9.79. The second-order valence-corrected chi connectivity index (χ2v) is 5.06. The highest BCUT2D eigenvalue weighted by atomic mass is 16.1. The topological polar surface area (TPSA) is 17.1 Å². The quantitative estimate of drug-likeness (QED) is 0.554. The van der Waals surface area contributed by atoms with E-state index in [9.17, 15) is 4.79 Å². The molecule has 0 aromatic carbocycles. The van der Waals surface area contributed by atoms with E-state index in [4.69, 9.17) is 0 Å². The number of rotatable bonds is 0. The molecule has 4 atom stereocenters. The Bertz CT molecular complexity index is 313. The number of hydrogen-bond donors (Lipinski definition) is 0. The molecule has 0 saturated heterocycles. The molecule has 3 aliphatic rings. The van der Waals surface area contributed by atoms with E-state index in [1.165, 1.54) is 24.8 Å². The van der Waals surface area contributed by atoms with Crippen molar-refractivity contribution in [2.75, 3.05) is 0 Å². The smallest absolute Gasteiger partial charge is 0.162 e. The molecule has 0 unspecified atom stereocenters. The van der Waals surface area contributed by atoms with Gasteiger partial charge < -0.3 is 0 Å². The lowest BCUT2D eigenvalue weighted by Crippen LogP contribution is -2.24. The van der Waals surface area contributed by atoms with Crippen molar-refractivity contribution in [3.05, 3.63) is 11.1 Å². The minimum absolute atomic E-state index is 0.416. The fourth-order valence-electron chi connectivity index (χ4n) is 3.99. The first-order valence-corrected chi connectivity index (χ1v) is 5.41. The molecule has 0 amide bonds. The zero-order chi connectivity index (χ0) is 9.16. The second-order valence-electron chi connectivity index (χ2n) is 5.06. The lowest BCUT2D eigenvalue weighted by molar-refractivity contribution is -0.120. The van der Waals surface area contributed by atoms with Crippen molar-refractivity contribution >= 4 is 5.78 Å². The summed E-state index contributed by atoms with van der Waals surface area (Å²) in [6, 6.07) is 0. The number of allylic oxidation sites excluding steroid dienone is 2. The maximum Gasteiger partial charge on any atom is 0.162 e. The van der Waals surface area contributed by atoms with Gasteiger partial charge >= 0.3 is 0 Å². The van der Waals surface area contributed by atoms with Gasteiger partial charge in [0, 0.05) is 5.92 Å². The van der Waals surface area contributed by atoms with Gasteiger partial charge in [-0.05, 0) is 56.4 Å². The minimum atomic E-state index is 0.416. The molecule has 3 aliphatic carbocycles. The van der Waals surface area contributed by atoms with Gasteiger partial charge in [0.05, 0.1) is 0 Å². The molecule has 0 aromatic rings. The molecule has 2 fully saturated rings. The molecule has 0 radical (unpaired) electrons. The van der Waals surface area contributed by atoms with Crippen LogP contribution >= 0.6 is 0 Å². The van der Waals surface area contributed by atoms with Crippen molar-refractivity contribution in [1.29, 1.82) is 0 Å². The molecule has 70 valence electrons. The summed E-state index contributed by atoms with van der Waals surface area (Å²) in [4.78, 5) is 11.9. The number of Topliss-reactive ketones (excluding diaryl/α,β-unsaturated/α-hetero) is 1. The van der Waals surface area contributed by atoms with Crippen LogP contribution in [0.15, 0.2) is 11.1 Å². The van der Waals surface area contributed by atoms with Crippen LogP contribution in [0.5, 0.6) is 0 Å². The summed E-state index contributed by atoms with van der Waals surface area (Å²) in [5.74, 6) is 3.16. The van der Waals surface area contributed by atoms with Crippen molar-refractivity contribution in [1.82, 2.24) is 0 Å². The van der Waals surface area contributed by atoms with Gasteiger partial charge in [0.15, 0.2) is 5.78 Å². The standard InChI is InChI=1S/C12H16O/c1-6-7(2)12(13)11-9-4-3-8(5-9)10(6)11/h8-11H,3-5H2,1-2H3/t8-,9+,10+,11-/m0/s1. The van der Waals surface area contributed by atoms with Crippen molar-refractivity contribution < 1.29 is 4.79 Å². The Morgan fingerprint density at radius 2 is 1.69 bits per heavy atom. The minimum Gasteiger partial charge on any atom is -0.294 e. The third-order valence-electron chi connectivity index (χ3n) is 4.68. The predicted molar refractivity (Wildman–Crippen MR) is 51.2 cm³/mol. The van der Waals surface area contributed by atoms with Crippen LogP contribution in [0.1, 0.15) is 33.1 Å². The molecule has 0 aromatic heterocycles. The van der Waals surface area contributed by atoms with Crippen LogP contribution in [0.25, 0.3) is 0 Å². The molecule has 0 aliphatic heterocycles. The Kier molecular flexibility index (Phi) is 1.35. The largest absolute Gasteiger partial charge is 0.294 e. The van der Waals surface area contributed by atoms with Gasteiger partial charge in [0.2, 0.25) is 0 Å². The average molecular weight is 176 g/mol. The van der Waals surface area contributed by atoms with Gasteiger partial charge in [-0.3, -0.25) is 4.79 Å². The molecular weight excluding hydrogens is 160 g/mol. The first-order valence-electron chi connectivity index (χ1n) is 5.41. The Labute approximate surface area is 79.2 Å². The number of carbonyl (C=O) groups excluding carboxylic acids is 1. The molecule has 0 N–H and O–H groups in total. The van der Waals surface area contributed by atoms with Crippen LogP contribution in [0.3, 0.4) is 0 Å². The Morgan fingerprint density at radius 3 is 2.31 bits per heavy atom. The first-order chi connectivity index (χ1) is 6.20. The summed E-state index contributed by atoms with van der Waals surface area (Å²) >= 11 is 0. The summed E-state index contributed by atoms with van der Waals surface area (Å²) < 4.78 is 0. The molecule has 3 rings (SSSR count). The summed E-state index contributed by atoms with van der Waals surface area (Å²) in [6.45, 7) is 4.20. The van der Waals surface area contributed by atoms with E-state index in [2.05, 4.69) is 6.92 Å². The van der Waals surface area contributed by atoms with E-state index in [1.54, 1.807) is 0 Å². The third-order valence-corrected chi connectivity index (χ3v) is 4.68.